The minimum atomic E-state index is -0.792. The predicted octanol–water partition coefficient (Wildman–Crippen LogP) is 2.49. The molecule has 0 saturated carbocycles. The number of halogens is 2. The molecule has 0 radical (unpaired) electrons. The van der Waals surface area contributed by atoms with Crippen LogP contribution in [-0.4, -0.2) is 23.8 Å². The van der Waals surface area contributed by atoms with Gasteiger partial charge in [-0.05, 0) is 36.6 Å². The fourth-order valence-electron chi connectivity index (χ4n) is 2.32. The molecule has 1 aliphatic heterocycles. The maximum Gasteiger partial charge on any atom is 0.127 e. The molecule has 2 unspecified atom stereocenters. The molecule has 1 aromatic carbocycles. The number of benzene rings is 1. The topological polar surface area (TPSA) is 32.3 Å². The third kappa shape index (κ3) is 2.87. The largest absolute Gasteiger partial charge is 0.389 e. The molecule has 2 nitrogen and oxygen atoms in total. The molecule has 0 aliphatic carbocycles. The van der Waals surface area contributed by atoms with Gasteiger partial charge in [0.05, 0.1) is 5.60 Å². The summed E-state index contributed by atoms with van der Waals surface area (Å²) >= 11 is 3.23. The van der Waals surface area contributed by atoms with Gasteiger partial charge in [-0.1, -0.05) is 28.9 Å². The van der Waals surface area contributed by atoms with E-state index in [1.165, 1.54) is 6.07 Å². The van der Waals surface area contributed by atoms with Crippen LogP contribution in [-0.2, 0) is 6.42 Å². The van der Waals surface area contributed by atoms with E-state index >= 15 is 0 Å². The Labute approximate surface area is 109 Å². The molecule has 17 heavy (non-hydrogen) atoms. The molecule has 2 N–H and O–H groups in total. The van der Waals surface area contributed by atoms with Crippen molar-refractivity contribution < 1.29 is 9.50 Å². The van der Waals surface area contributed by atoms with Crippen molar-refractivity contribution in [3.8, 4) is 0 Å². The van der Waals surface area contributed by atoms with Gasteiger partial charge in [0.25, 0.3) is 0 Å². The van der Waals surface area contributed by atoms with Crippen LogP contribution in [0.5, 0.6) is 0 Å². The summed E-state index contributed by atoms with van der Waals surface area (Å²) in [6.45, 7) is 3.58. The molecular formula is C13H17BrFNO. The van der Waals surface area contributed by atoms with Gasteiger partial charge in [-0.2, -0.15) is 0 Å². The van der Waals surface area contributed by atoms with Crippen molar-refractivity contribution in [1.29, 1.82) is 0 Å². The molecule has 1 aliphatic rings. The zero-order chi connectivity index (χ0) is 12.5. The minimum Gasteiger partial charge on any atom is -0.389 e. The van der Waals surface area contributed by atoms with E-state index in [-0.39, 0.29) is 11.7 Å². The molecule has 2 rings (SSSR count). The van der Waals surface area contributed by atoms with Gasteiger partial charge >= 0.3 is 0 Å². The number of piperidine rings is 1. The maximum atomic E-state index is 13.7. The fraction of sp³-hybridized carbons (Fsp3) is 0.538. The SMILES string of the molecule is CC1CNCCC1(O)Cc1ccc(Br)cc1F. The van der Waals surface area contributed by atoms with Crippen LogP contribution in [0.3, 0.4) is 0 Å². The van der Waals surface area contributed by atoms with Crippen molar-refractivity contribution in [3.63, 3.8) is 0 Å². The monoisotopic (exact) mass is 301 g/mol. The van der Waals surface area contributed by atoms with Crippen LogP contribution in [0.15, 0.2) is 22.7 Å². The van der Waals surface area contributed by atoms with Gasteiger partial charge in [-0.3, -0.25) is 0 Å². The average molecular weight is 302 g/mol. The molecule has 4 heteroatoms. The third-order valence-electron chi connectivity index (χ3n) is 3.61. The number of hydrogen-bond acceptors (Lipinski definition) is 2. The Kier molecular flexibility index (Phi) is 3.85. The lowest BCUT2D eigenvalue weighted by Gasteiger charge is -2.38. The summed E-state index contributed by atoms with van der Waals surface area (Å²) in [5, 5.41) is 13.8. The highest BCUT2D eigenvalue weighted by Crippen LogP contribution is 2.29. The van der Waals surface area contributed by atoms with E-state index in [0.717, 1.165) is 17.6 Å². The predicted molar refractivity (Wildman–Crippen MR) is 69.4 cm³/mol. The van der Waals surface area contributed by atoms with E-state index in [0.29, 0.717) is 18.4 Å². The summed E-state index contributed by atoms with van der Waals surface area (Å²) in [5.41, 5.74) is -0.204. The van der Waals surface area contributed by atoms with Crippen molar-refractivity contribution in [3.05, 3.63) is 34.1 Å². The first kappa shape index (κ1) is 13.0. The molecule has 0 spiro atoms. The highest BCUT2D eigenvalue weighted by molar-refractivity contribution is 9.10. The molecule has 94 valence electrons. The summed E-state index contributed by atoms with van der Waals surface area (Å²) < 4.78 is 14.5. The van der Waals surface area contributed by atoms with Crippen molar-refractivity contribution in [2.24, 2.45) is 5.92 Å². The third-order valence-corrected chi connectivity index (χ3v) is 4.11. The van der Waals surface area contributed by atoms with Crippen LogP contribution in [0.4, 0.5) is 4.39 Å². The van der Waals surface area contributed by atoms with Crippen LogP contribution < -0.4 is 5.32 Å². The lowest BCUT2D eigenvalue weighted by Crippen LogP contribution is -2.50. The van der Waals surface area contributed by atoms with E-state index in [4.69, 9.17) is 0 Å². The molecule has 1 fully saturated rings. The van der Waals surface area contributed by atoms with Crippen molar-refractivity contribution in [1.82, 2.24) is 5.32 Å². The Hall–Kier alpha value is -0.450. The number of rotatable bonds is 2. The molecular weight excluding hydrogens is 285 g/mol. The van der Waals surface area contributed by atoms with Gasteiger partial charge < -0.3 is 10.4 Å². The first-order chi connectivity index (χ1) is 8.01. The lowest BCUT2D eigenvalue weighted by atomic mass is 9.78. The fourth-order valence-corrected chi connectivity index (χ4v) is 2.65. The van der Waals surface area contributed by atoms with Crippen molar-refractivity contribution in [2.75, 3.05) is 13.1 Å². The van der Waals surface area contributed by atoms with Crippen LogP contribution in [0.1, 0.15) is 18.9 Å². The van der Waals surface area contributed by atoms with Crippen LogP contribution in [0.2, 0.25) is 0 Å². The average Bonchev–Trinajstić information content (AvgIpc) is 2.27. The Balaban J connectivity index is 2.19. The van der Waals surface area contributed by atoms with Gasteiger partial charge in [0.15, 0.2) is 0 Å². The smallest absolute Gasteiger partial charge is 0.127 e. The number of nitrogens with one attached hydrogen (secondary N) is 1. The van der Waals surface area contributed by atoms with E-state index in [1.807, 2.05) is 13.0 Å². The van der Waals surface area contributed by atoms with E-state index < -0.39 is 5.60 Å². The minimum absolute atomic E-state index is 0.138. The molecule has 1 heterocycles. The Morgan fingerprint density at radius 3 is 3.00 bits per heavy atom. The highest BCUT2D eigenvalue weighted by atomic mass is 79.9. The summed E-state index contributed by atoms with van der Waals surface area (Å²) in [6.07, 6.45) is 1.05. The van der Waals surface area contributed by atoms with Crippen molar-refractivity contribution in [2.45, 2.75) is 25.4 Å². The molecule has 1 aromatic rings. The maximum absolute atomic E-state index is 13.7. The van der Waals surface area contributed by atoms with Crippen LogP contribution >= 0.6 is 15.9 Å². The van der Waals surface area contributed by atoms with E-state index in [1.54, 1.807) is 6.07 Å². The zero-order valence-electron chi connectivity index (χ0n) is 9.84. The second-order valence-electron chi connectivity index (χ2n) is 4.87. The van der Waals surface area contributed by atoms with Gasteiger partial charge in [0.1, 0.15) is 5.82 Å². The summed E-state index contributed by atoms with van der Waals surface area (Å²) in [5.74, 6) is -0.113. The van der Waals surface area contributed by atoms with Gasteiger partial charge in [0, 0.05) is 17.4 Å². The second kappa shape index (κ2) is 5.04. The highest BCUT2D eigenvalue weighted by Gasteiger charge is 2.36. The molecule has 1 saturated heterocycles. The van der Waals surface area contributed by atoms with Gasteiger partial charge in [-0.25, -0.2) is 4.39 Å². The normalized spacial score (nSPS) is 29.3. The molecule has 0 aromatic heterocycles. The van der Waals surface area contributed by atoms with Gasteiger partial charge in [-0.15, -0.1) is 0 Å². The van der Waals surface area contributed by atoms with Crippen molar-refractivity contribution >= 4 is 15.9 Å². The first-order valence-electron chi connectivity index (χ1n) is 5.88. The number of hydrogen-bond donors (Lipinski definition) is 2. The summed E-state index contributed by atoms with van der Waals surface area (Å²) in [7, 11) is 0. The van der Waals surface area contributed by atoms with Crippen LogP contribution in [0.25, 0.3) is 0 Å². The molecule has 0 amide bonds. The van der Waals surface area contributed by atoms with Gasteiger partial charge in [0.2, 0.25) is 0 Å². The lowest BCUT2D eigenvalue weighted by molar-refractivity contribution is -0.0335. The number of aliphatic hydroxyl groups is 1. The quantitative estimate of drug-likeness (QED) is 0.880. The standard InChI is InChI=1S/C13H17BrFNO/c1-9-8-16-5-4-13(9,17)7-10-2-3-11(14)6-12(10)15/h2-3,6,9,16-17H,4-5,7-8H2,1H3. The first-order valence-corrected chi connectivity index (χ1v) is 6.67. The van der Waals surface area contributed by atoms with Crippen LogP contribution in [0, 0.1) is 11.7 Å². The van der Waals surface area contributed by atoms with E-state index in [2.05, 4.69) is 21.2 Å². The second-order valence-corrected chi connectivity index (χ2v) is 5.79. The van der Waals surface area contributed by atoms with E-state index in [9.17, 15) is 9.50 Å². The Bertz CT molecular complexity index is 412. The summed E-state index contributed by atoms with van der Waals surface area (Å²) in [4.78, 5) is 0. The Morgan fingerprint density at radius 1 is 1.59 bits per heavy atom. The zero-order valence-corrected chi connectivity index (χ0v) is 11.4. The Morgan fingerprint density at radius 2 is 2.35 bits per heavy atom. The molecule has 2 atom stereocenters. The summed E-state index contributed by atoms with van der Waals surface area (Å²) in [6, 6.07) is 5.00. The molecule has 0 bridgehead atoms.